The normalized spacial score (nSPS) is 10.9. The van der Waals surface area contributed by atoms with Crippen LogP contribution in [0.5, 0.6) is 5.75 Å². The average Bonchev–Trinajstić information content (AvgIpc) is 2.61. The van der Waals surface area contributed by atoms with Crippen LogP contribution in [-0.4, -0.2) is 27.7 Å². The van der Waals surface area contributed by atoms with E-state index in [9.17, 15) is 4.79 Å². The number of aromatic nitrogens is 2. The molecule has 0 saturated carbocycles. The van der Waals surface area contributed by atoms with E-state index < -0.39 is 0 Å². The molecule has 134 valence electrons. The molecule has 2 aromatic carbocycles. The first-order chi connectivity index (χ1) is 12.5. The molecule has 0 radical (unpaired) electrons. The summed E-state index contributed by atoms with van der Waals surface area (Å²) in [6.45, 7) is 5.82. The highest BCUT2D eigenvalue weighted by Gasteiger charge is 2.11. The summed E-state index contributed by atoms with van der Waals surface area (Å²) < 4.78 is 5.73. The molecule has 0 aliphatic carbocycles. The number of ether oxygens (including phenoxy) is 1. The van der Waals surface area contributed by atoms with Crippen molar-refractivity contribution in [3.63, 3.8) is 0 Å². The molecule has 26 heavy (non-hydrogen) atoms. The molecule has 0 saturated heterocycles. The van der Waals surface area contributed by atoms with Gasteiger partial charge in [-0.2, -0.15) is 0 Å². The van der Waals surface area contributed by atoms with Crippen LogP contribution >= 0.6 is 11.8 Å². The fourth-order valence-corrected chi connectivity index (χ4v) is 3.21. The second-order valence-electron chi connectivity index (χ2n) is 6.10. The molecule has 0 unspecified atom stereocenters. The number of nitrogens with one attached hydrogen (secondary N) is 1. The van der Waals surface area contributed by atoms with Gasteiger partial charge in [0.15, 0.2) is 0 Å². The van der Waals surface area contributed by atoms with Gasteiger partial charge in [0.25, 0.3) is 0 Å². The van der Waals surface area contributed by atoms with Crippen LogP contribution in [0.1, 0.15) is 19.5 Å². The van der Waals surface area contributed by atoms with Gasteiger partial charge in [0.2, 0.25) is 5.91 Å². The van der Waals surface area contributed by atoms with Crippen LogP contribution in [0.4, 0.5) is 5.69 Å². The second kappa shape index (κ2) is 8.19. The summed E-state index contributed by atoms with van der Waals surface area (Å²) in [5.41, 5.74) is 3.19. The summed E-state index contributed by atoms with van der Waals surface area (Å²) >= 11 is 1.38. The third kappa shape index (κ3) is 4.52. The van der Waals surface area contributed by atoms with Gasteiger partial charge < -0.3 is 10.1 Å². The van der Waals surface area contributed by atoms with Gasteiger partial charge >= 0.3 is 0 Å². The minimum Gasteiger partial charge on any atom is -0.489 e. The summed E-state index contributed by atoms with van der Waals surface area (Å²) in [6.07, 6.45) is 0.0398. The zero-order chi connectivity index (χ0) is 18.5. The second-order valence-corrected chi connectivity index (χ2v) is 7.07. The zero-order valence-corrected chi connectivity index (χ0v) is 15.8. The Morgan fingerprint density at radius 3 is 2.46 bits per heavy atom. The van der Waals surface area contributed by atoms with Crippen LogP contribution in [-0.2, 0) is 4.79 Å². The molecule has 0 aliphatic heterocycles. The van der Waals surface area contributed by atoms with E-state index in [0.717, 1.165) is 21.8 Å². The Balaban J connectivity index is 1.67. The number of amides is 1. The lowest BCUT2D eigenvalue weighted by Gasteiger charge is -2.14. The van der Waals surface area contributed by atoms with Gasteiger partial charge in [-0.1, -0.05) is 36.0 Å². The highest BCUT2D eigenvalue weighted by Crippen LogP contribution is 2.26. The highest BCUT2D eigenvalue weighted by atomic mass is 32.2. The molecule has 1 N–H and O–H groups in total. The number of fused-ring (bicyclic) bond motifs is 1. The van der Waals surface area contributed by atoms with Crippen LogP contribution in [0.3, 0.4) is 0 Å². The minimum atomic E-state index is -0.107. The first-order valence-electron chi connectivity index (χ1n) is 8.44. The monoisotopic (exact) mass is 367 g/mol. The fourth-order valence-electron chi connectivity index (χ4n) is 2.46. The van der Waals surface area contributed by atoms with Crippen molar-refractivity contribution >= 4 is 34.4 Å². The minimum absolute atomic E-state index is 0.0398. The molecule has 1 amide bonds. The summed E-state index contributed by atoms with van der Waals surface area (Å²) in [5.74, 6) is 0.816. The van der Waals surface area contributed by atoms with Crippen LogP contribution in [0.2, 0.25) is 0 Å². The van der Waals surface area contributed by atoms with E-state index in [4.69, 9.17) is 4.74 Å². The van der Waals surface area contributed by atoms with E-state index in [-0.39, 0.29) is 17.8 Å². The number of benzene rings is 2. The number of anilines is 1. The van der Waals surface area contributed by atoms with Gasteiger partial charge in [-0.3, -0.25) is 4.79 Å². The van der Waals surface area contributed by atoms with E-state index in [2.05, 4.69) is 15.3 Å². The smallest absolute Gasteiger partial charge is 0.234 e. The number of thioether (sulfide) groups is 1. The van der Waals surface area contributed by atoms with Gasteiger partial charge in [0.05, 0.1) is 34.3 Å². The topological polar surface area (TPSA) is 64.1 Å². The first-order valence-corrected chi connectivity index (χ1v) is 9.43. The predicted molar refractivity (Wildman–Crippen MR) is 106 cm³/mol. The highest BCUT2D eigenvalue weighted by molar-refractivity contribution is 8.00. The van der Waals surface area contributed by atoms with Gasteiger partial charge in [-0.05, 0) is 45.0 Å². The van der Waals surface area contributed by atoms with Crippen LogP contribution in [0.25, 0.3) is 11.0 Å². The third-order valence-electron chi connectivity index (χ3n) is 3.57. The number of rotatable bonds is 6. The van der Waals surface area contributed by atoms with Crippen molar-refractivity contribution in [2.45, 2.75) is 31.9 Å². The average molecular weight is 367 g/mol. The van der Waals surface area contributed by atoms with Crippen molar-refractivity contribution in [1.82, 2.24) is 9.97 Å². The van der Waals surface area contributed by atoms with E-state index in [0.29, 0.717) is 11.4 Å². The molecule has 0 atom stereocenters. The van der Waals surface area contributed by atoms with Gasteiger partial charge in [0, 0.05) is 0 Å². The molecule has 0 bridgehead atoms. The van der Waals surface area contributed by atoms with Gasteiger partial charge in [-0.15, -0.1) is 0 Å². The Kier molecular flexibility index (Phi) is 5.73. The zero-order valence-electron chi connectivity index (χ0n) is 15.0. The standard InChI is InChI=1S/C20H21N3O2S/c1-13(2)25-18-11-7-6-10-17(18)22-19(24)12-26-20-14(3)21-15-8-4-5-9-16(15)23-20/h4-11,13H,12H2,1-3H3,(H,22,24). The summed E-state index contributed by atoms with van der Waals surface area (Å²) in [7, 11) is 0. The Labute approximate surface area is 157 Å². The summed E-state index contributed by atoms with van der Waals surface area (Å²) in [6, 6.07) is 15.2. The summed E-state index contributed by atoms with van der Waals surface area (Å²) in [5, 5.41) is 3.68. The maximum atomic E-state index is 12.4. The molecule has 1 aromatic heterocycles. The molecule has 3 aromatic rings. The Hall–Kier alpha value is -2.60. The van der Waals surface area contributed by atoms with Crippen molar-refractivity contribution in [2.24, 2.45) is 0 Å². The van der Waals surface area contributed by atoms with Crippen molar-refractivity contribution in [2.75, 3.05) is 11.1 Å². The SMILES string of the molecule is Cc1nc2ccccc2nc1SCC(=O)Nc1ccccc1OC(C)C. The van der Waals surface area contributed by atoms with Crippen molar-refractivity contribution in [3.05, 3.63) is 54.2 Å². The van der Waals surface area contributed by atoms with Crippen molar-refractivity contribution in [1.29, 1.82) is 0 Å². The molecule has 3 rings (SSSR count). The van der Waals surface area contributed by atoms with Crippen molar-refractivity contribution in [3.8, 4) is 5.75 Å². The molecule has 6 heteroatoms. The van der Waals surface area contributed by atoms with E-state index in [1.165, 1.54) is 11.8 Å². The van der Waals surface area contributed by atoms with Crippen molar-refractivity contribution < 1.29 is 9.53 Å². The van der Waals surface area contributed by atoms with Crippen LogP contribution in [0.15, 0.2) is 53.6 Å². The van der Waals surface area contributed by atoms with Crippen LogP contribution < -0.4 is 10.1 Å². The number of carbonyl (C=O) groups is 1. The molecule has 0 fully saturated rings. The number of hydrogen-bond acceptors (Lipinski definition) is 5. The van der Waals surface area contributed by atoms with E-state index in [1.807, 2.05) is 69.3 Å². The lowest BCUT2D eigenvalue weighted by Crippen LogP contribution is -2.16. The van der Waals surface area contributed by atoms with E-state index in [1.54, 1.807) is 0 Å². The first kappa shape index (κ1) is 18.2. The number of hydrogen-bond donors (Lipinski definition) is 1. The quantitative estimate of drug-likeness (QED) is 0.652. The van der Waals surface area contributed by atoms with E-state index >= 15 is 0 Å². The molecule has 0 spiro atoms. The van der Waals surface area contributed by atoms with Gasteiger partial charge in [0.1, 0.15) is 10.8 Å². The third-order valence-corrected chi connectivity index (χ3v) is 4.63. The molecule has 5 nitrogen and oxygen atoms in total. The lowest BCUT2D eigenvalue weighted by molar-refractivity contribution is -0.113. The number of aryl methyl sites for hydroxylation is 1. The largest absolute Gasteiger partial charge is 0.489 e. The number of nitrogens with zero attached hydrogens (tertiary/aromatic N) is 2. The predicted octanol–water partition coefficient (Wildman–Crippen LogP) is 4.46. The van der Waals surface area contributed by atoms with Crippen LogP contribution in [0, 0.1) is 6.92 Å². The molecular weight excluding hydrogens is 346 g/mol. The molecule has 0 aliphatic rings. The number of para-hydroxylation sites is 4. The summed E-state index contributed by atoms with van der Waals surface area (Å²) in [4.78, 5) is 21.5. The Morgan fingerprint density at radius 2 is 1.73 bits per heavy atom. The maximum Gasteiger partial charge on any atom is 0.234 e. The lowest BCUT2D eigenvalue weighted by atomic mass is 10.3. The Bertz CT molecular complexity index is 928. The van der Waals surface area contributed by atoms with Gasteiger partial charge in [-0.25, -0.2) is 9.97 Å². The number of carbonyl (C=O) groups excluding carboxylic acids is 1. The molecule has 1 heterocycles. The molecular formula is C20H21N3O2S. The maximum absolute atomic E-state index is 12.4. The fraction of sp³-hybridized carbons (Fsp3) is 0.250. The Morgan fingerprint density at radius 1 is 1.08 bits per heavy atom.